The zero-order valence-corrected chi connectivity index (χ0v) is 10.1. The maximum absolute atomic E-state index is 13.6. The van der Waals surface area contributed by atoms with Crippen molar-refractivity contribution in [2.75, 3.05) is 7.05 Å². The molecule has 0 heterocycles. The van der Waals surface area contributed by atoms with Crippen LogP contribution in [0.2, 0.25) is 0 Å². The predicted octanol–water partition coefficient (Wildman–Crippen LogP) is 3.24. The fraction of sp³-hybridized carbons (Fsp3) is 0.571. The van der Waals surface area contributed by atoms with E-state index < -0.39 is 0 Å². The molecule has 0 fully saturated rings. The lowest BCUT2D eigenvalue weighted by molar-refractivity contribution is 0.429. The number of hydrogen-bond acceptors (Lipinski definition) is 1. The van der Waals surface area contributed by atoms with Crippen molar-refractivity contribution in [3.8, 4) is 0 Å². The van der Waals surface area contributed by atoms with Gasteiger partial charge in [0.05, 0.1) is 0 Å². The number of likely N-dealkylation sites (N-methyl/N-ethyl adjacent to an activating group) is 1. The Morgan fingerprint density at radius 2 is 2.31 bits per heavy atom. The van der Waals surface area contributed by atoms with Gasteiger partial charge in [0, 0.05) is 6.04 Å². The summed E-state index contributed by atoms with van der Waals surface area (Å²) in [4.78, 5) is 0. The number of hydrogen-bond donors (Lipinski definition) is 1. The van der Waals surface area contributed by atoms with E-state index in [0.717, 1.165) is 24.8 Å². The fourth-order valence-electron chi connectivity index (χ4n) is 2.92. The average molecular weight is 221 g/mol. The lowest BCUT2D eigenvalue weighted by Gasteiger charge is -2.23. The van der Waals surface area contributed by atoms with Gasteiger partial charge in [-0.2, -0.15) is 0 Å². The minimum absolute atomic E-state index is 0.0219. The van der Waals surface area contributed by atoms with Gasteiger partial charge in [-0.1, -0.05) is 25.5 Å². The number of benzene rings is 1. The van der Waals surface area contributed by atoms with Crippen LogP contribution >= 0.6 is 0 Å². The van der Waals surface area contributed by atoms with Crippen LogP contribution in [0.15, 0.2) is 18.2 Å². The average Bonchev–Trinajstić information content (AvgIpc) is 2.71. The predicted molar refractivity (Wildman–Crippen MR) is 65.2 cm³/mol. The highest BCUT2D eigenvalue weighted by atomic mass is 19.1. The second-order valence-corrected chi connectivity index (χ2v) is 4.64. The normalized spacial score (nSPS) is 20.8. The van der Waals surface area contributed by atoms with Gasteiger partial charge in [0.15, 0.2) is 0 Å². The van der Waals surface area contributed by atoms with Gasteiger partial charge in [0.1, 0.15) is 5.82 Å². The molecule has 2 atom stereocenters. The van der Waals surface area contributed by atoms with Gasteiger partial charge < -0.3 is 5.32 Å². The molecule has 1 aliphatic carbocycles. The van der Waals surface area contributed by atoms with E-state index in [-0.39, 0.29) is 5.82 Å². The van der Waals surface area contributed by atoms with E-state index in [4.69, 9.17) is 0 Å². The molecule has 16 heavy (non-hydrogen) atoms. The van der Waals surface area contributed by atoms with Crippen molar-refractivity contribution >= 4 is 0 Å². The van der Waals surface area contributed by atoms with Crippen LogP contribution in [0.5, 0.6) is 0 Å². The second kappa shape index (κ2) is 4.96. The summed E-state index contributed by atoms with van der Waals surface area (Å²) >= 11 is 0. The molecule has 0 radical (unpaired) electrons. The molecule has 0 bridgehead atoms. The summed E-state index contributed by atoms with van der Waals surface area (Å²) in [6.45, 7) is 2.20. The van der Waals surface area contributed by atoms with E-state index in [0.29, 0.717) is 12.0 Å². The van der Waals surface area contributed by atoms with Crippen molar-refractivity contribution in [2.45, 2.75) is 44.6 Å². The fourth-order valence-corrected chi connectivity index (χ4v) is 2.92. The highest BCUT2D eigenvalue weighted by Crippen LogP contribution is 2.37. The first-order valence-corrected chi connectivity index (χ1v) is 6.22. The minimum atomic E-state index is -0.0219. The summed E-state index contributed by atoms with van der Waals surface area (Å²) in [5.74, 6) is 0.474. The topological polar surface area (TPSA) is 12.0 Å². The lowest BCUT2D eigenvalue weighted by Crippen LogP contribution is -2.30. The van der Waals surface area contributed by atoms with E-state index in [2.05, 4.69) is 18.3 Å². The lowest BCUT2D eigenvalue weighted by atomic mass is 9.90. The summed E-state index contributed by atoms with van der Waals surface area (Å²) in [6, 6.07) is 6.00. The third kappa shape index (κ3) is 1.99. The Balaban J connectivity index is 2.25. The van der Waals surface area contributed by atoms with Crippen LogP contribution in [-0.2, 0) is 6.42 Å². The molecule has 2 rings (SSSR count). The largest absolute Gasteiger partial charge is 0.316 e. The Labute approximate surface area is 97.1 Å². The Kier molecular flexibility index (Phi) is 3.59. The molecule has 0 amide bonds. The van der Waals surface area contributed by atoms with Crippen molar-refractivity contribution in [1.82, 2.24) is 5.32 Å². The first kappa shape index (κ1) is 11.6. The molecular weight excluding hydrogens is 201 g/mol. The van der Waals surface area contributed by atoms with Crippen LogP contribution in [0.3, 0.4) is 0 Å². The highest BCUT2D eigenvalue weighted by Gasteiger charge is 2.29. The van der Waals surface area contributed by atoms with Crippen LogP contribution < -0.4 is 5.32 Å². The van der Waals surface area contributed by atoms with Gasteiger partial charge in [-0.05, 0) is 49.4 Å². The minimum Gasteiger partial charge on any atom is -0.316 e. The summed E-state index contributed by atoms with van der Waals surface area (Å²) in [5, 5.41) is 3.38. The number of rotatable bonds is 4. The highest BCUT2D eigenvalue weighted by molar-refractivity contribution is 5.37. The van der Waals surface area contributed by atoms with Crippen LogP contribution in [-0.4, -0.2) is 13.1 Å². The Hall–Kier alpha value is -0.890. The maximum Gasteiger partial charge on any atom is 0.126 e. The number of fused-ring (bicyclic) bond motifs is 1. The Morgan fingerprint density at radius 3 is 3.00 bits per heavy atom. The monoisotopic (exact) mass is 221 g/mol. The van der Waals surface area contributed by atoms with Crippen LogP contribution in [0, 0.1) is 5.82 Å². The molecule has 0 saturated carbocycles. The van der Waals surface area contributed by atoms with Crippen LogP contribution in [0.25, 0.3) is 0 Å². The molecule has 1 aromatic carbocycles. The summed E-state index contributed by atoms with van der Waals surface area (Å²) in [5.41, 5.74) is 2.18. The second-order valence-electron chi connectivity index (χ2n) is 4.64. The molecule has 1 nitrogen and oxygen atoms in total. The van der Waals surface area contributed by atoms with E-state index in [9.17, 15) is 4.39 Å². The molecule has 1 aliphatic rings. The van der Waals surface area contributed by atoms with E-state index in [1.54, 1.807) is 6.07 Å². The molecule has 0 aliphatic heterocycles. The summed E-state index contributed by atoms with van der Waals surface area (Å²) < 4.78 is 13.6. The van der Waals surface area contributed by atoms with Crippen molar-refractivity contribution in [3.63, 3.8) is 0 Å². The summed E-state index contributed by atoms with van der Waals surface area (Å²) in [6.07, 6.45) is 4.32. The molecule has 0 aromatic heterocycles. The van der Waals surface area contributed by atoms with E-state index in [1.165, 1.54) is 12.0 Å². The SMILES string of the molecule is CCCC(NC)C1CCc2c(F)cccc21. The van der Waals surface area contributed by atoms with Crippen LogP contribution in [0.1, 0.15) is 43.2 Å². The molecule has 88 valence electrons. The number of nitrogens with one attached hydrogen (secondary N) is 1. The van der Waals surface area contributed by atoms with Gasteiger partial charge in [0.25, 0.3) is 0 Å². The molecule has 1 N–H and O–H groups in total. The third-order valence-corrected chi connectivity index (χ3v) is 3.72. The van der Waals surface area contributed by atoms with Crippen molar-refractivity contribution in [1.29, 1.82) is 0 Å². The molecule has 0 spiro atoms. The van der Waals surface area contributed by atoms with E-state index >= 15 is 0 Å². The van der Waals surface area contributed by atoms with Crippen molar-refractivity contribution in [3.05, 3.63) is 35.1 Å². The molecule has 0 saturated heterocycles. The zero-order valence-electron chi connectivity index (χ0n) is 10.1. The van der Waals surface area contributed by atoms with Gasteiger partial charge in [0.2, 0.25) is 0 Å². The standard InChI is InChI=1S/C14H20FN/c1-3-5-14(16-2)12-9-8-11-10(12)6-4-7-13(11)15/h4,6-7,12,14,16H,3,5,8-9H2,1-2H3. The first-order valence-electron chi connectivity index (χ1n) is 6.22. The quantitative estimate of drug-likeness (QED) is 0.823. The Morgan fingerprint density at radius 1 is 1.50 bits per heavy atom. The molecule has 2 unspecified atom stereocenters. The molecular formula is C14H20FN. The van der Waals surface area contributed by atoms with Crippen molar-refractivity contribution in [2.24, 2.45) is 0 Å². The van der Waals surface area contributed by atoms with Gasteiger partial charge in [-0.15, -0.1) is 0 Å². The van der Waals surface area contributed by atoms with Crippen molar-refractivity contribution < 1.29 is 4.39 Å². The smallest absolute Gasteiger partial charge is 0.126 e. The van der Waals surface area contributed by atoms with Gasteiger partial charge in [-0.25, -0.2) is 4.39 Å². The molecule has 1 aromatic rings. The summed E-state index contributed by atoms with van der Waals surface area (Å²) in [7, 11) is 2.01. The Bertz CT molecular complexity index is 362. The first-order chi connectivity index (χ1) is 7.77. The van der Waals surface area contributed by atoms with E-state index in [1.807, 2.05) is 13.1 Å². The van der Waals surface area contributed by atoms with Gasteiger partial charge in [-0.3, -0.25) is 0 Å². The van der Waals surface area contributed by atoms with Gasteiger partial charge >= 0.3 is 0 Å². The molecule has 2 heteroatoms. The maximum atomic E-state index is 13.6. The number of halogens is 1. The van der Waals surface area contributed by atoms with Crippen LogP contribution in [0.4, 0.5) is 4.39 Å². The zero-order chi connectivity index (χ0) is 11.5. The third-order valence-electron chi connectivity index (χ3n) is 3.72.